The van der Waals surface area contributed by atoms with Crippen LogP contribution in [0.5, 0.6) is 0 Å². The second kappa shape index (κ2) is 4.30. The number of rotatable bonds is 3. The van der Waals surface area contributed by atoms with Gasteiger partial charge in [-0.05, 0) is 31.3 Å². The van der Waals surface area contributed by atoms with Gasteiger partial charge in [-0.2, -0.15) is 11.8 Å². The highest BCUT2D eigenvalue weighted by atomic mass is 35.5. The minimum absolute atomic E-state index is 0.330. The molecule has 0 fully saturated rings. The molecule has 1 unspecified atom stereocenters. The molecule has 0 nitrogen and oxygen atoms in total. The van der Waals surface area contributed by atoms with E-state index in [-0.39, 0.29) is 0 Å². The Bertz CT molecular complexity index is 131. The topological polar surface area (TPSA) is 0 Å². The van der Waals surface area contributed by atoms with E-state index in [0.717, 1.165) is 6.42 Å². The first-order chi connectivity index (χ1) is 4.83. The maximum absolute atomic E-state index is 5.90. The van der Waals surface area contributed by atoms with Crippen LogP contribution in [0.3, 0.4) is 0 Å². The number of halogens is 1. The van der Waals surface area contributed by atoms with E-state index in [1.807, 2.05) is 11.8 Å². The number of thioether (sulfide) groups is 1. The summed E-state index contributed by atoms with van der Waals surface area (Å²) in [5.74, 6) is 1.25. The van der Waals surface area contributed by atoms with E-state index < -0.39 is 0 Å². The predicted molar refractivity (Wildman–Crippen MR) is 50.0 cm³/mol. The normalized spacial score (nSPS) is 25.0. The van der Waals surface area contributed by atoms with E-state index in [2.05, 4.69) is 12.3 Å². The molecule has 0 saturated carbocycles. The molecule has 1 rings (SSSR count). The molecular weight excluding hydrogens is 164 g/mol. The summed E-state index contributed by atoms with van der Waals surface area (Å²) >= 11 is 7.81. The molecule has 0 heterocycles. The van der Waals surface area contributed by atoms with E-state index in [1.165, 1.54) is 18.6 Å². The van der Waals surface area contributed by atoms with E-state index in [1.54, 1.807) is 5.57 Å². The Hall–Kier alpha value is 0.380. The fraction of sp³-hybridized carbons (Fsp3) is 0.750. The van der Waals surface area contributed by atoms with Crippen molar-refractivity contribution in [3.8, 4) is 0 Å². The second-order valence-corrected chi connectivity index (χ2v) is 4.17. The maximum atomic E-state index is 5.90. The van der Waals surface area contributed by atoms with Crippen molar-refractivity contribution >= 4 is 23.4 Å². The van der Waals surface area contributed by atoms with Crippen molar-refractivity contribution in [2.24, 2.45) is 0 Å². The lowest BCUT2D eigenvalue weighted by atomic mass is 10.2. The molecule has 2 heteroatoms. The van der Waals surface area contributed by atoms with Gasteiger partial charge >= 0.3 is 0 Å². The monoisotopic (exact) mass is 176 g/mol. The van der Waals surface area contributed by atoms with E-state index >= 15 is 0 Å². The van der Waals surface area contributed by atoms with Gasteiger partial charge in [-0.1, -0.05) is 11.6 Å². The van der Waals surface area contributed by atoms with Gasteiger partial charge in [0, 0.05) is 0 Å². The molecular formula is C8H13ClS. The van der Waals surface area contributed by atoms with E-state index in [9.17, 15) is 0 Å². The maximum Gasteiger partial charge on any atom is 0.0521 e. The van der Waals surface area contributed by atoms with E-state index in [4.69, 9.17) is 11.6 Å². The van der Waals surface area contributed by atoms with Crippen LogP contribution >= 0.6 is 23.4 Å². The van der Waals surface area contributed by atoms with Crippen molar-refractivity contribution in [2.75, 3.05) is 12.0 Å². The quantitative estimate of drug-likeness (QED) is 0.471. The highest BCUT2D eigenvalue weighted by molar-refractivity contribution is 7.98. The molecule has 0 aromatic carbocycles. The van der Waals surface area contributed by atoms with Crippen LogP contribution in [0.4, 0.5) is 0 Å². The molecule has 1 aliphatic rings. The zero-order chi connectivity index (χ0) is 7.40. The summed E-state index contributed by atoms with van der Waals surface area (Å²) in [4.78, 5) is 0. The van der Waals surface area contributed by atoms with Gasteiger partial charge in [0.15, 0.2) is 0 Å². The lowest BCUT2D eigenvalue weighted by Crippen LogP contribution is -1.81. The highest BCUT2D eigenvalue weighted by Crippen LogP contribution is 2.25. The van der Waals surface area contributed by atoms with Crippen molar-refractivity contribution in [2.45, 2.75) is 24.6 Å². The minimum Gasteiger partial charge on any atom is -0.165 e. The molecule has 0 saturated heterocycles. The van der Waals surface area contributed by atoms with Crippen LogP contribution in [-0.2, 0) is 0 Å². The Morgan fingerprint density at radius 3 is 3.10 bits per heavy atom. The summed E-state index contributed by atoms with van der Waals surface area (Å²) < 4.78 is 0. The average molecular weight is 177 g/mol. The largest absolute Gasteiger partial charge is 0.165 e. The predicted octanol–water partition coefficient (Wildman–Crippen LogP) is 3.07. The van der Waals surface area contributed by atoms with Crippen LogP contribution in [0, 0.1) is 0 Å². The van der Waals surface area contributed by atoms with Gasteiger partial charge in [0.2, 0.25) is 0 Å². The zero-order valence-corrected chi connectivity index (χ0v) is 7.84. The molecule has 10 heavy (non-hydrogen) atoms. The van der Waals surface area contributed by atoms with Crippen molar-refractivity contribution < 1.29 is 0 Å². The first-order valence-electron chi connectivity index (χ1n) is 3.65. The molecule has 0 aromatic rings. The summed E-state index contributed by atoms with van der Waals surface area (Å²) in [7, 11) is 0. The van der Waals surface area contributed by atoms with Gasteiger partial charge < -0.3 is 0 Å². The molecule has 0 aromatic heterocycles. The van der Waals surface area contributed by atoms with Crippen LogP contribution in [0.1, 0.15) is 19.3 Å². The lowest BCUT2D eigenvalue weighted by Gasteiger charge is -1.96. The average Bonchev–Trinajstić information content (AvgIpc) is 2.31. The molecule has 1 aliphatic carbocycles. The Balaban J connectivity index is 2.22. The molecule has 0 amide bonds. The SMILES string of the molecule is CSCCC1=CC(Cl)CC1. The number of hydrogen-bond acceptors (Lipinski definition) is 1. The van der Waals surface area contributed by atoms with Gasteiger partial charge in [0.05, 0.1) is 5.38 Å². The number of hydrogen-bond donors (Lipinski definition) is 0. The summed E-state index contributed by atoms with van der Waals surface area (Å²) in [6, 6.07) is 0. The fourth-order valence-electron chi connectivity index (χ4n) is 1.19. The summed E-state index contributed by atoms with van der Waals surface area (Å²) in [6.07, 6.45) is 8.00. The smallest absolute Gasteiger partial charge is 0.0521 e. The van der Waals surface area contributed by atoms with Crippen LogP contribution in [0.25, 0.3) is 0 Å². The summed E-state index contributed by atoms with van der Waals surface area (Å²) in [5.41, 5.74) is 1.56. The Morgan fingerprint density at radius 1 is 1.80 bits per heavy atom. The first-order valence-corrected chi connectivity index (χ1v) is 5.48. The van der Waals surface area contributed by atoms with E-state index in [0.29, 0.717) is 5.38 Å². The molecule has 0 bridgehead atoms. The van der Waals surface area contributed by atoms with Gasteiger partial charge in [0.25, 0.3) is 0 Å². The Morgan fingerprint density at radius 2 is 2.60 bits per heavy atom. The van der Waals surface area contributed by atoms with Crippen LogP contribution in [0.2, 0.25) is 0 Å². The first kappa shape index (κ1) is 8.48. The van der Waals surface area contributed by atoms with Gasteiger partial charge in [0.1, 0.15) is 0 Å². The van der Waals surface area contributed by atoms with Crippen molar-refractivity contribution in [1.29, 1.82) is 0 Å². The third-order valence-corrected chi connectivity index (χ3v) is 2.74. The zero-order valence-electron chi connectivity index (χ0n) is 6.27. The van der Waals surface area contributed by atoms with Crippen LogP contribution < -0.4 is 0 Å². The highest BCUT2D eigenvalue weighted by Gasteiger charge is 2.11. The van der Waals surface area contributed by atoms with Gasteiger partial charge in [-0.25, -0.2) is 0 Å². The standard InChI is InChI=1S/C8H13ClS/c1-10-5-4-7-2-3-8(9)6-7/h6,8H,2-5H2,1H3. The van der Waals surface area contributed by atoms with Crippen LogP contribution in [0.15, 0.2) is 11.6 Å². The minimum atomic E-state index is 0.330. The third-order valence-electron chi connectivity index (χ3n) is 1.79. The van der Waals surface area contributed by atoms with Crippen molar-refractivity contribution in [3.63, 3.8) is 0 Å². The Labute approximate surface area is 72.0 Å². The van der Waals surface area contributed by atoms with Gasteiger partial charge in [-0.15, -0.1) is 11.6 Å². The fourth-order valence-corrected chi connectivity index (χ4v) is 1.94. The molecule has 1 atom stereocenters. The molecule has 0 aliphatic heterocycles. The number of alkyl halides is 1. The Kier molecular flexibility index (Phi) is 3.64. The second-order valence-electron chi connectivity index (χ2n) is 2.62. The summed E-state index contributed by atoms with van der Waals surface area (Å²) in [5, 5.41) is 0.330. The lowest BCUT2D eigenvalue weighted by molar-refractivity contribution is 0.886. The van der Waals surface area contributed by atoms with Crippen molar-refractivity contribution in [1.82, 2.24) is 0 Å². The third kappa shape index (κ3) is 2.55. The molecule has 0 N–H and O–H groups in total. The number of allylic oxidation sites excluding steroid dienone is 2. The van der Waals surface area contributed by atoms with Gasteiger partial charge in [-0.3, -0.25) is 0 Å². The van der Waals surface area contributed by atoms with Crippen molar-refractivity contribution in [3.05, 3.63) is 11.6 Å². The van der Waals surface area contributed by atoms with Crippen LogP contribution in [-0.4, -0.2) is 17.4 Å². The molecule has 0 spiro atoms. The molecule has 58 valence electrons. The summed E-state index contributed by atoms with van der Waals surface area (Å²) in [6.45, 7) is 0. The molecule has 0 radical (unpaired) electrons.